The molecule has 2 atom stereocenters. The summed E-state index contributed by atoms with van der Waals surface area (Å²) in [6.07, 6.45) is 8.60. The Hall–Kier alpha value is -1.16. The lowest BCUT2D eigenvalue weighted by atomic mass is 9.96. The van der Waals surface area contributed by atoms with Crippen molar-refractivity contribution in [3.8, 4) is 0 Å². The third-order valence-electron chi connectivity index (χ3n) is 5.18. The number of aliphatic imine (C=N–C) groups is 1. The molecule has 3 rings (SSSR count). The van der Waals surface area contributed by atoms with Crippen LogP contribution in [0.5, 0.6) is 0 Å². The van der Waals surface area contributed by atoms with E-state index in [1.165, 1.54) is 37.7 Å². The third-order valence-corrected chi connectivity index (χ3v) is 6.28. The molecule has 2 saturated carbocycles. The number of nitrogens with zero attached hydrogens (tertiary/aromatic N) is 1. The molecule has 0 bridgehead atoms. The van der Waals surface area contributed by atoms with E-state index in [4.69, 9.17) is 4.99 Å². The summed E-state index contributed by atoms with van der Waals surface area (Å²) in [6.45, 7) is 3.95. The number of nitrogens with one attached hydrogen (secondary N) is 2. The first-order chi connectivity index (χ1) is 11.3. The largest absolute Gasteiger partial charge is 0.357 e. The molecule has 23 heavy (non-hydrogen) atoms. The second-order valence-corrected chi connectivity index (χ2v) is 7.99. The van der Waals surface area contributed by atoms with Gasteiger partial charge in [-0.1, -0.05) is 30.3 Å². The van der Waals surface area contributed by atoms with Crippen molar-refractivity contribution in [3.63, 3.8) is 0 Å². The molecule has 0 heterocycles. The lowest BCUT2D eigenvalue weighted by Crippen LogP contribution is -2.43. The molecule has 0 spiro atoms. The second kappa shape index (κ2) is 7.61. The molecule has 2 unspecified atom stereocenters. The summed E-state index contributed by atoms with van der Waals surface area (Å²) in [6, 6.07) is 11.5. The van der Waals surface area contributed by atoms with E-state index in [2.05, 4.69) is 54.1 Å². The zero-order valence-electron chi connectivity index (χ0n) is 14.3. The van der Waals surface area contributed by atoms with E-state index in [-0.39, 0.29) is 0 Å². The van der Waals surface area contributed by atoms with Crippen molar-refractivity contribution in [2.24, 2.45) is 4.99 Å². The van der Waals surface area contributed by atoms with E-state index >= 15 is 0 Å². The van der Waals surface area contributed by atoms with Crippen molar-refractivity contribution in [3.05, 3.63) is 35.9 Å². The Bertz CT molecular complexity index is 525. The van der Waals surface area contributed by atoms with E-state index in [1.54, 1.807) is 0 Å². The number of benzene rings is 1. The van der Waals surface area contributed by atoms with Crippen LogP contribution in [-0.2, 0) is 5.41 Å². The molecule has 0 radical (unpaired) electrons. The zero-order valence-corrected chi connectivity index (χ0v) is 15.2. The molecule has 0 saturated heterocycles. The Kier molecular flexibility index (Phi) is 5.52. The van der Waals surface area contributed by atoms with Crippen LogP contribution < -0.4 is 10.6 Å². The molecule has 126 valence electrons. The summed E-state index contributed by atoms with van der Waals surface area (Å²) in [5.41, 5.74) is 1.74. The Morgan fingerprint density at radius 3 is 2.65 bits per heavy atom. The Balaban J connectivity index is 1.61. The van der Waals surface area contributed by atoms with Gasteiger partial charge >= 0.3 is 0 Å². The van der Waals surface area contributed by atoms with Gasteiger partial charge in [0, 0.05) is 23.3 Å². The molecule has 2 aliphatic carbocycles. The van der Waals surface area contributed by atoms with Crippen molar-refractivity contribution < 1.29 is 0 Å². The minimum atomic E-state index is 0.293. The fourth-order valence-electron chi connectivity index (χ4n) is 3.51. The Morgan fingerprint density at radius 1 is 1.26 bits per heavy atom. The standard InChI is InChI=1S/C19H29N3S/c1-3-20-18(22-16-9-10-17(13-16)23-2)21-14-19(11-12-19)15-7-5-4-6-8-15/h4-8,16-17H,3,9-14H2,1-2H3,(H2,20,21,22). The maximum absolute atomic E-state index is 4.93. The van der Waals surface area contributed by atoms with Crippen molar-refractivity contribution in [2.45, 2.75) is 55.7 Å². The zero-order chi connectivity index (χ0) is 16.1. The van der Waals surface area contributed by atoms with Crippen LogP contribution in [0.25, 0.3) is 0 Å². The van der Waals surface area contributed by atoms with Crippen molar-refractivity contribution in [1.29, 1.82) is 0 Å². The normalized spacial score (nSPS) is 26.1. The minimum absolute atomic E-state index is 0.293. The average molecular weight is 332 g/mol. The first kappa shape index (κ1) is 16.7. The Morgan fingerprint density at radius 2 is 2.04 bits per heavy atom. The summed E-state index contributed by atoms with van der Waals surface area (Å²) in [5, 5.41) is 7.90. The summed E-state index contributed by atoms with van der Waals surface area (Å²) in [7, 11) is 0. The molecule has 2 N–H and O–H groups in total. The molecule has 1 aromatic rings. The molecule has 4 heteroatoms. The van der Waals surface area contributed by atoms with Gasteiger partial charge in [0.15, 0.2) is 5.96 Å². The molecule has 0 aromatic heterocycles. The molecular weight excluding hydrogens is 302 g/mol. The van der Waals surface area contributed by atoms with Gasteiger partial charge in [-0.2, -0.15) is 11.8 Å². The van der Waals surface area contributed by atoms with Gasteiger partial charge in [0.25, 0.3) is 0 Å². The average Bonchev–Trinajstić information content (AvgIpc) is 3.25. The van der Waals surface area contributed by atoms with E-state index in [9.17, 15) is 0 Å². The van der Waals surface area contributed by atoms with Gasteiger partial charge in [0.05, 0.1) is 6.54 Å². The minimum Gasteiger partial charge on any atom is -0.357 e. The van der Waals surface area contributed by atoms with E-state index in [0.717, 1.165) is 24.3 Å². The maximum Gasteiger partial charge on any atom is 0.191 e. The third kappa shape index (κ3) is 4.23. The molecule has 2 aliphatic rings. The van der Waals surface area contributed by atoms with Gasteiger partial charge in [-0.25, -0.2) is 0 Å². The van der Waals surface area contributed by atoms with Crippen molar-refractivity contribution in [1.82, 2.24) is 10.6 Å². The van der Waals surface area contributed by atoms with Crippen LogP contribution in [0, 0.1) is 0 Å². The first-order valence-corrected chi connectivity index (χ1v) is 10.2. The number of hydrogen-bond donors (Lipinski definition) is 2. The highest BCUT2D eigenvalue weighted by atomic mass is 32.2. The smallest absolute Gasteiger partial charge is 0.191 e. The van der Waals surface area contributed by atoms with Gasteiger partial charge < -0.3 is 10.6 Å². The highest BCUT2D eigenvalue weighted by molar-refractivity contribution is 7.99. The predicted octanol–water partition coefficient (Wildman–Crippen LogP) is 3.56. The summed E-state index contributed by atoms with van der Waals surface area (Å²) < 4.78 is 0. The number of hydrogen-bond acceptors (Lipinski definition) is 2. The lowest BCUT2D eigenvalue weighted by Gasteiger charge is -2.19. The summed E-state index contributed by atoms with van der Waals surface area (Å²) in [5.74, 6) is 1.00. The second-order valence-electron chi connectivity index (χ2n) is 6.85. The monoisotopic (exact) mass is 331 g/mol. The highest BCUT2D eigenvalue weighted by Gasteiger charge is 2.44. The number of rotatable bonds is 6. The van der Waals surface area contributed by atoms with Crippen LogP contribution >= 0.6 is 11.8 Å². The van der Waals surface area contributed by atoms with Crippen LogP contribution in [0.1, 0.15) is 44.6 Å². The maximum atomic E-state index is 4.93. The van der Waals surface area contributed by atoms with Crippen LogP contribution in [0.2, 0.25) is 0 Å². The predicted molar refractivity (Wildman–Crippen MR) is 101 cm³/mol. The fraction of sp³-hybridized carbons (Fsp3) is 0.632. The highest BCUT2D eigenvalue weighted by Crippen LogP contribution is 2.48. The lowest BCUT2D eigenvalue weighted by molar-refractivity contribution is 0.609. The Labute approximate surface area is 144 Å². The van der Waals surface area contributed by atoms with Crippen molar-refractivity contribution >= 4 is 17.7 Å². The van der Waals surface area contributed by atoms with E-state index < -0.39 is 0 Å². The fourth-order valence-corrected chi connectivity index (χ4v) is 4.31. The number of guanidine groups is 1. The molecule has 3 nitrogen and oxygen atoms in total. The molecule has 2 fully saturated rings. The van der Waals surface area contributed by atoms with E-state index in [0.29, 0.717) is 11.5 Å². The summed E-state index contributed by atoms with van der Waals surface area (Å²) in [4.78, 5) is 4.93. The van der Waals surface area contributed by atoms with Crippen LogP contribution in [0.3, 0.4) is 0 Å². The van der Waals surface area contributed by atoms with Crippen molar-refractivity contribution in [2.75, 3.05) is 19.3 Å². The van der Waals surface area contributed by atoms with Crippen LogP contribution in [0.4, 0.5) is 0 Å². The molecule has 0 amide bonds. The molecule has 1 aromatic carbocycles. The topological polar surface area (TPSA) is 36.4 Å². The van der Waals surface area contributed by atoms with Gasteiger partial charge in [-0.3, -0.25) is 4.99 Å². The molecular formula is C19H29N3S. The SMILES string of the molecule is CCNC(=NCC1(c2ccccc2)CC1)NC1CCC(SC)C1. The quantitative estimate of drug-likeness (QED) is 0.618. The van der Waals surface area contributed by atoms with Gasteiger partial charge in [-0.05, 0) is 50.8 Å². The van der Waals surface area contributed by atoms with Gasteiger partial charge in [0.1, 0.15) is 0 Å². The first-order valence-electron chi connectivity index (χ1n) is 8.89. The molecule has 0 aliphatic heterocycles. The van der Waals surface area contributed by atoms with Gasteiger partial charge in [0.2, 0.25) is 0 Å². The van der Waals surface area contributed by atoms with Gasteiger partial charge in [-0.15, -0.1) is 0 Å². The van der Waals surface area contributed by atoms with E-state index in [1.807, 2.05) is 11.8 Å². The van der Waals surface area contributed by atoms with Crippen LogP contribution in [-0.4, -0.2) is 36.6 Å². The summed E-state index contributed by atoms with van der Waals surface area (Å²) >= 11 is 2.00. The van der Waals surface area contributed by atoms with Crippen LogP contribution in [0.15, 0.2) is 35.3 Å². The number of thioether (sulfide) groups is 1.